The molecule has 9 heteroatoms. The van der Waals surface area contributed by atoms with E-state index >= 15 is 0 Å². The first-order chi connectivity index (χ1) is 16.2. The van der Waals surface area contributed by atoms with Crippen molar-refractivity contribution in [3.63, 3.8) is 0 Å². The number of rotatable bonds is 2. The number of hydrogen-bond acceptors (Lipinski definition) is 8. The van der Waals surface area contributed by atoms with Crippen molar-refractivity contribution < 1.29 is 39.2 Å². The summed E-state index contributed by atoms with van der Waals surface area (Å²) in [7, 11) is 0. The van der Waals surface area contributed by atoms with Gasteiger partial charge in [-0.3, -0.25) is 9.69 Å². The summed E-state index contributed by atoms with van der Waals surface area (Å²) in [6.07, 6.45) is 1.18. The number of phenolic OH excluding ortho intramolecular Hbond substituents is 1. The summed E-state index contributed by atoms with van der Waals surface area (Å²) in [5.74, 6) is -2.24. The summed E-state index contributed by atoms with van der Waals surface area (Å²) in [5.41, 5.74) is -0.333. The Bertz CT molecular complexity index is 1010. The van der Waals surface area contributed by atoms with Crippen molar-refractivity contribution in [3.05, 3.63) is 41.5 Å². The lowest BCUT2D eigenvalue weighted by Crippen LogP contribution is -2.36. The number of nitrogens with zero attached hydrogens (tertiary/aromatic N) is 1. The van der Waals surface area contributed by atoms with E-state index in [0.29, 0.717) is 0 Å². The van der Waals surface area contributed by atoms with Crippen LogP contribution in [0, 0.1) is 5.92 Å². The lowest BCUT2D eigenvalue weighted by atomic mass is 9.99. The zero-order chi connectivity index (χ0) is 26.5. The molecule has 2 rings (SSSR count). The number of carbonyl (C=O) groups excluding carboxylic acids is 3. The number of aliphatic hydroxyl groups is 2. The Morgan fingerprint density at radius 3 is 2.43 bits per heavy atom. The maximum Gasteiger partial charge on any atom is 0.414 e. The van der Waals surface area contributed by atoms with Gasteiger partial charge >= 0.3 is 12.1 Å². The number of fused-ring (bicyclic) bond motifs is 1. The third-order valence-electron chi connectivity index (χ3n) is 5.51. The molecule has 0 bridgehead atoms. The average molecular weight is 490 g/mol. The normalized spacial score (nSPS) is 25.6. The number of carbonyl (C=O) groups is 3. The van der Waals surface area contributed by atoms with Crippen LogP contribution in [0.1, 0.15) is 63.9 Å². The van der Waals surface area contributed by atoms with Crippen LogP contribution < -0.4 is 4.90 Å². The fraction of sp³-hybridized carbons (Fsp3) is 0.500. The highest BCUT2D eigenvalue weighted by Crippen LogP contribution is 2.32. The molecule has 1 aromatic carbocycles. The molecule has 0 aliphatic carbocycles. The van der Waals surface area contributed by atoms with Gasteiger partial charge in [0.15, 0.2) is 5.78 Å². The third kappa shape index (κ3) is 7.40. The molecule has 9 nitrogen and oxygen atoms in total. The molecular weight excluding hydrogens is 454 g/mol. The number of ketones is 1. The number of anilines is 1. The Hall–Kier alpha value is -3.17. The van der Waals surface area contributed by atoms with Gasteiger partial charge in [-0.05, 0) is 58.7 Å². The summed E-state index contributed by atoms with van der Waals surface area (Å²) >= 11 is 0. The summed E-state index contributed by atoms with van der Waals surface area (Å²) in [4.78, 5) is 39.2. The fourth-order valence-corrected chi connectivity index (χ4v) is 3.37. The maximum atomic E-state index is 13.0. The molecule has 35 heavy (non-hydrogen) atoms. The van der Waals surface area contributed by atoms with E-state index in [4.69, 9.17) is 9.47 Å². The van der Waals surface area contributed by atoms with Gasteiger partial charge < -0.3 is 24.8 Å². The third-order valence-corrected chi connectivity index (χ3v) is 5.51. The molecule has 1 aromatic rings. The highest BCUT2D eigenvalue weighted by Gasteiger charge is 2.28. The van der Waals surface area contributed by atoms with Gasteiger partial charge in [0.25, 0.3) is 0 Å². The second kappa shape index (κ2) is 11.5. The van der Waals surface area contributed by atoms with Crippen LogP contribution in [0.2, 0.25) is 0 Å². The van der Waals surface area contributed by atoms with E-state index in [9.17, 15) is 29.7 Å². The van der Waals surface area contributed by atoms with Crippen LogP contribution in [-0.4, -0.2) is 63.6 Å². The van der Waals surface area contributed by atoms with E-state index in [0.717, 1.165) is 6.08 Å². The van der Waals surface area contributed by atoms with Crippen LogP contribution in [0.25, 0.3) is 6.08 Å². The SMILES string of the molecule is CCN(C(=O)OC(C)(C)C)c1cc(O)c2c(c1)/C=C/C[C@H](O)[C@H](O)C(=O)/C=C\[C@@H](C)[C@H](C)OC2=O. The molecule has 1 aliphatic heterocycles. The Morgan fingerprint density at radius 1 is 1.17 bits per heavy atom. The number of cyclic esters (lactones) is 1. The number of ether oxygens (including phenoxy) is 2. The van der Waals surface area contributed by atoms with E-state index < -0.39 is 53.4 Å². The monoisotopic (exact) mass is 489 g/mol. The quantitative estimate of drug-likeness (QED) is 0.537. The molecule has 4 atom stereocenters. The Morgan fingerprint density at radius 2 is 1.83 bits per heavy atom. The van der Waals surface area contributed by atoms with Crippen LogP contribution in [0.15, 0.2) is 30.4 Å². The molecule has 0 unspecified atom stereocenters. The van der Waals surface area contributed by atoms with E-state index in [-0.39, 0.29) is 29.8 Å². The Labute approximate surface area is 205 Å². The zero-order valence-electron chi connectivity index (χ0n) is 21.0. The molecular formula is C26H35NO8. The number of benzene rings is 1. The van der Waals surface area contributed by atoms with Gasteiger partial charge in [-0.25, -0.2) is 9.59 Å². The van der Waals surface area contributed by atoms with Gasteiger partial charge in [-0.2, -0.15) is 0 Å². The van der Waals surface area contributed by atoms with Crippen molar-refractivity contribution in [2.24, 2.45) is 5.92 Å². The van der Waals surface area contributed by atoms with Gasteiger partial charge in [0.1, 0.15) is 29.1 Å². The van der Waals surface area contributed by atoms with Crippen LogP contribution in [0.3, 0.4) is 0 Å². The summed E-state index contributed by atoms with van der Waals surface area (Å²) in [6, 6.07) is 2.81. The first-order valence-electron chi connectivity index (χ1n) is 11.6. The van der Waals surface area contributed by atoms with Crippen molar-refractivity contribution >= 4 is 29.6 Å². The zero-order valence-corrected chi connectivity index (χ0v) is 21.0. The van der Waals surface area contributed by atoms with Crippen molar-refractivity contribution in [3.8, 4) is 5.75 Å². The van der Waals surface area contributed by atoms with Crippen molar-refractivity contribution in [2.45, 2.75) is 71.9 Å². The second-order valence-electron chi connectivity index (χ2n) is 9.54. The smallest absolute Gasteiger partial charge is 0.414 e. The van der Waals surface area contributed by atoms with Crippen molar-refractivity contribution in [1.29, 1.82) is 0 Å². The molecule has 0 radical (unpaired) electrons. The topological polar surface area (TPSA) is 134 Å². The molecule has 0 aromatic heterocycles. The number of phenols is 1. The maximum absolute atomic E-state index is 13.0. The number of aromatic hydroxyl groups is 1. The molecule has 0 saturated heterocycles. The van der Waals surface area contributed by atoms with E-state index in [1.54, 1.807) is 41.5 Å². The van der Waals surface area contributed by atoms with Gasteiger partial charge in [-0.15, -0.1) is 0 Å². The summed E-state index contributed by atoms with van der Waals surface area (Å²) in [5, 5.41) is 31.1. The van der Waals surface area contributed by atoms with Gasteiger partial charge in [-0.1, -0.05) is 25.2 Å². The van der Waals surface area contributed by atoms with Crippen molar-refractivity contribution in [1.82, 2.24) is 0 Å². The Balaban J connectivity index is 2.57. The van der Waals surface area contributed by atoms with Gasteiger partial charge in [0.2, 0.25) is 0 Å². The predicted molar refractivity (Wildman–Crippen MR) is 131 cm³/mol. The summed E-state index contributed by atoms with van der Waals surface area (Å²) in [6.45, 7) is 10.5. The first kappa shape index (κ1) is 28.1. The van der Waals surface area contributed by atoms with Crippen LogP contribution in [-0.2, 0) is 14.3 Å². The predicted octanol–water partition coefficient (Wildman–Crippen LogP) is 3.60. The van der Waals surface area contributed by atoms with Gasteiger partial charge in [0, 0.05) is 18.5 Å². The number of hydrogen-bond donors (Lipinski definition) is 3. The molecule has 0 fully saturated rings. The van der Waals surface area contributed by atoms with E-state index in [2.05, 4.69) is 0 Å². The molecule has 1 heterocycles. The molecule has 1 aliphatic rings. The number of aliphatic hydroxyl groups excluding tert-OH is 2. The minimum absolute atomic E-state index is 0.101. The average Bonchev–Trinajstić information content (AvgIpc) is 2.74. The lowest BCUT2D eigenvalue weighted by molar-refractivity contribution is -0.127. The van der Waals surface area contributed by atoms with Crippen LogP contribution in [0.4, 0.5) is 10.5 Å². The van der Waals surface area contributed by atoms with Crippen molar-refractivity contribution in [2.75, 3.05) is 11.4 Å². The standard InChI is InChI=1S/C26H35NO8/c1-7-27(25(33)35-26(4,5)6)18-13-17-9-8-10-19(28)23(31)20(29)12-11-15(2)16(3)34-24(32)22(17)21(30)14-18/h8-9,11-16,19,23,28,30-31H,7,10H2,1-6H3/b9-8+,12-11-/t15-,16+,19+,23+/m1/s1. The minimum Gasteiger partial charge on any atom is -0.507 e. The van der Waals surface area contributed by atoms with Crippen LogP contribution in [0.5, 0.6) is 5.75 Å². The first-order valence-corrected chi connectivity index (χ1v) is 11.6. The number of amides is 1. The van der Waals surface area contributed by atoms with E-state index in [1.807, 2.05) is 0 Å². The molecule has 192 valence electrons. The molecule has 0 spiro atoms. The Kier molecular flexibility index (Phi) is 9.23. The molecule has 0 saturated carbocycles. The van der Waals surface area contributed by atoms with Gasteiger partial charge in [0.05, 0.1) is 11.8 Å². The second-order valence-corrected chi connectivity index (χ2v) is 9.54. The summed E-state index contributed by atoms with van der Waals surface area (Å²) < 4.78 is 11.0. The van der Waals surface area contributed by atoms with E-state index in [1.165, 1.54) is 35.3 Å². The highest BCUT2D eigenvalue weighted by molar-refractivity contribution is 5.99. The number of esters is 1. The highest BCUT2D eigenvalue weighted by atomic mass is 16.6. The lowest BCUT2D eigenvalue weighted by Gasteiger charge is -2.27. The van der Waals surface area contributed by atoms with Crippen LogP contribution >= 0.6 is 0 Å². The fourth-order valence-electron chi connectivity index (χ4n) is 3.37. The largest absolute Gasteiger partial charge is 0.507 e. The minimum atomic E-state index is -1.62. The molecule has 1 amide bonds. The molecule has 3 N–H and O–H groups in total.